The van der Waals surface area contributed by atoms with Crippen LogP contribution in [0.15, 0.2) is 17.3 Å². The summed E-state index contributed by atoms with van der Waals surface area (Å²) in [5, 5.41) is 4.16. The van der Waals surface area contributed by atoms with Crippen molar-refractivity contribution in [2.75, 3.05) is 53.0 Å². The molecule has 1 aromatic heterocycles. The predicted octanol–water partition coefficient (Wildman–Crippen LogP) is 2.04. The molecule has 1 atom stereocenters. The maximum absolute atomic E-state index is 6.09. The topological polar surface area (TPSA) is 45.0 Å². The van der Waals surface area contributed by atoms with Crippen LogP contribution in [-0.2, 0) is 18.3 Å². The third kappa shape index (κ3) is 6.53. The van der Waals surface area contributed by atoms with Crippen molar-refractivity contribution in [1.29, 1.82) is 0 Å². The van der Waals surface area contributed by atoms with Gasteiger partial charge in [-0.15, -0.1) is 0 Å². The molecule has 0 saturated carbocycles. The third-order valence-corrected chi connectivity index (χ3v) is 4.60. The second kappa shape index (κ2) is 10.0. The van der Waals surface area contributed by atoms with Crippen LogP contribution < -0.4 is 5.32 Å². The van der Waals surface area contributed by atoms with Gasteiger partial charge in [-0.05, 0) is 18.9 Å². The Labute approximate surface area is 156 Å². The van der Waals surface area contributed by atoms with Crippen LogP contribution in [0.1, 0.15) is 19.5 Å². The summed E-state index contributed by atoms with van der Waals surface area (Å²) in [5.74, 6) is 1.46. The first-order valence-electron chi connectivity index (χ1n) is 9.10. The fraction of sp³-hybridized carbons (Fsp3) is 0.722. The molecule has 1 aliphatic heterocycles. The Balaban J connectivity index is 1.90. The first kappa shape index (κ1) is 20.1. The number of nitrogens with one attached hydrogen (secondary N) is 1. The van der Waals surface area contributed by atoms with E-state index in [9.17, 15) is 0 Å². The van der Waals surface area contributed by atoms with Crippen LogP contribution in [-0.4, -0.2) is 73.3 Å². The molecular weight excluding hydrogens is 338 g/mol. The van der Waals surface area contributed by atoms with E-state index in [-0.39, 0.29) is 0 Å². The predicted molar refractivity (Wildman–Crippen MR) is 104 cm³/mol. The number of rotatable bonds is 7. The maximum atomic E-state index is 6.09. The fourth-order valence-corrected chi connectivity index (χ4v) is 3.31. The first-order chi connectivity index (χ1) is 12.0. The summed E-state index contributed by atoms with van der Waals surface area (Å²) in [4.78, 5) is 9.46. The molecule has 0 aliphatic carbocycles. The molecule has 0 radical (unpaired) electrons. The monoisotopic (exact) mass is 369 g/mol. The molecule has 1 unspecified atom stereocenters. The van der Waals surface area contributed by atoms with Crippen molar-refractivity contribution in [3.05, 3.63) is 23.0 Å². The van der Waals surface area contributed by atoms with Crippen LogP contribution in [0.25, 0.3) is 0 Å². The zero-order chi connectivity index (χ0) is 18.2. The fourth-order valence-electron chi connectivity index (χ4n) is 3.04. The molecule has 2 heterocycles. The second-order valence-electron chi connectivity index (χ2n) is 6.83. The molecule has 142 valence electrons. The minimum Gasteiger partial charge on any atom is -0.379 e. The Bertz CT molecular complexity index is 554. The number of aryl methyl sites for hydroxylation is 1. The van der Waals surface area contributed by atoms with E-state index in [1.807, 2.05) is 19.3 Å². The minimum atomic E-state index is 0.518. The van der Waals surface area contributed by atoms with E-state index in [2.05, 4.69) is 40.6 Å². The van der Waals surface area contributed by atoms with E-state index >= 15 is 0 Å². The number of aromatic nitrogens is 1. The first-order valence-corrected chi connectivity index (χ1v) is 9.47. The second-order valence-corrected chi connectivity index (χ2v) is 7.27. The normalized spacial score (nSPS) is 17.6. The van der Waals surface area contributed by atoms with Crippen molar-refractivity contribution >= 4 is 17.6 Å². The zero-order valence-electron chi connectivity index (χ0n) is 16.0. The maximum Gasteiger partial charge on any atom is 0.194 e. The number of nitrogens with zero attached hydrogens (tertiary/aromatic N) is 4. The van der Waals surface area contributed by atoms with Crippen molar-refractivity contribution in [3.8, 4) is 0 Å². The van der Waals surface area contributed by atoms with Gasteiger partial charge in [0.25, 0.3) is 0 Å². The average molecular weight is 370 g/mol. The highest BCUT2D eigenvalue weighted by molar-refractivity contribution is 6.30. The molecule has 1 N–H and O–H groups in total. The lowest BCUT2D eigenvalue weighted by Crippen LogP contribution is -2.41. The number of hydrogen-bond donors (Lipinski definition) is 1. The standard InChI is InChI=1S/C18H32ClN5O/c1-5-20-18(23(4)14-17-10-16(19)13-22(17)3)21-11-15(2)12-24-6-8-25-9-7-24/h10,13,15H,5-9,11-12,14H2,1-4H3,(H,20,21). The Morgan fingerprint density at radius 3 is 2.76 bits per heavy atom. The number of guanidine groups is 1. The number of halogens is 1. The molecule has 0 aromatic carbocycles. The number of aliphatic imine (C=N–C) groups is 1. The van der Waals surface area contributed by atoms with E-state index < -0.39 is 0 Å². The van der Waals surface area contributed by atoms with Crippen molar-refractivity contribution in [3.63, 3.8) is 0 Å². The van der Waals surface area contributed by atoms with Gasteiger partial charge in [0.15, 0.2) is 5.96 Å². The third-order valence-electron chi connectivity index (χ3n) is 4.40. The zero-order valence-corrected chi connectivity index (χ0v) is 16.7. The minimum absolute atomic E-state index is 0.518. The highest BCUT2D eigenvalue weighted by atomic mass is 35.5. The van der Waals surface area contributed by atoms with E-state index in [0.29, 0.717) is 5.92 Å². The van der Waals surface area contributed by atoms with Gasteiger partial charge in [0.05, 0.1) is 24.8 Å². The van der Waals surface area contributed by atoms with Crippen LogP contribution in [0.5, 0.6) is 0 Å². The molecule has 1 saturated heterocycles. The highest BCUT2D eigenvalue weighted by Gasteiger charge is 2.14. The number of hydrogen-bond acceptors (Lipinski definition) is 3. The molecule has 1 aliphatic rings. The molecule has 0 amide bonds. The van der Waals surface area contributed by atoms with Crippen LogP contribution in [0.3, 0.4) is 0 Å². The van der Waals surface area contributed by atoms with Gasteiger partial charge in [-0.25, -0.2) is 0 Å². The van der Waals surface area contributed by atoms with Gasteiger partial charge in [-0.2, -0.15) is 0 Å². The van der Waals surface area contributed by atoms with Crippen LogP contribution >= 0.6 is 11.6 Å². The van der Waals surface area contributed by atoms with Gasteiger partial charge < -0.3 is 19.5 Å². The summed E-state index contributed by atoms with van der Waals surface area (Å²) in [6.07, 6.45) is 1.93. The Kier molecular flexibility index (Phi) is 8.06. The molecule has 6 nitrogen and oxygen atoms in total. The van der Waals surface area contributed by atoms with Gasteiger partial charge in [-0.3, -0.25) is 9.89 Å². The van der Waals surface area contributed by atoms with Crippen molar-refractivity contribution < 1.29 is 4.74 Å². The van der Waals surface area contributed by atoms with Gasteiger partial charge in [0.1, 0.15) is 0 Å². The number of ether oxygens (including phenoxy) is 1. The largest absolute Gasteiger partial charge is 0.379 e. The van der Waals surface area contributed by atoms with Crippen molar-refractivity contribution in [1.82, 2.24) is 19.7 Å². The SMILES string of the molecule is CCNC(=NCC(C)CN1CCOCC1)N(C)Cc1cc(Cl)cn1C. The molecule has 0 bridgehead atoms. The van der Waals surface area contributed by atoms with Crippen molar-refractivity contribution in [2.24, 2.45) is 18.0 Å². The van der Waals surface area contributed by atoms with Crippen molar-refractivity contribution in [2.45, 2.75) is 20.4 Å². The Hall–Kier alpha value is -1.24. The average Bonchev–Trinajstić information content (AvgIpc) is 2.89. The van der Waals surface area contributed by atoms with E-state index in [1.165, 1.54) is 5.69 Å². The molecular formula is C18H32ClN5O. The quantitative estimate of drug-likeness (QED) is 0.590. The van der Waals surface area contributed by atoms with Crippen LogP contribution in [0, 0.1) is 5.92 Å². The smallest absolute Gasteiger partial charge is 0.194 e. The highest BCUT2D eigenvalue weighted by Crippen LogP contribution is 2.14. The lowest BCUT2D eigenvalue weighted by Gasteiger charge is -2.29. The van der Waals surface area contributed by atoms with Crippen LogP contribution in [0.2, 0.25) is 5.02 Å². The molecule has 2 rings (SSSR count). The van der Waals surface area contributed by atoms with Crippen LogP contribution in [0.4, 0.5) is 0 Å². The summed E-state index contributed by atoms with van der Waals surface area (Å²) in [7, 11) is 4.08. The van der Waals surface area contributed by atoms with E-state index in [1.54, 1.807) is 0 Å². The summed E-state index contributed by atoms with van der Waals surface area (Å²) < 4.78 is 7.47. The van der Waals surface area contributed by atoms with E-state index in [4.69, 9.17) is 21.3 Å². The summed E-state index contributed by atoms with van der Waals surface area (Å²) in [6.45, 7) is 11.6. The van der Waals surface area contributed by atoms with E-state index in [0.717, 1.165) is 63.5 Å². The molecule has 7 heteroatoms. The molecule has 1 aromatic rings. The molecule has 25 heavy (non-hydrogen) atoms. The summed E-state index contributed by atoms with van der Waals surface area (Å²) in [5.41, 5.74) is 1.17. The van der Waals surface area contributed by atoms with Gasteiger partial charge in [0, 0.05) is 58.7 Å². The molecule has 0 spiro atoms. The number of morpholine rings is 1. The Morgan fingerprint density at radius 2 is 2.16 bits per heavy atom. The van der Waals surface area contributed by atoms with Gasteiger partial charge >= 0.3 is 0 Å². The summed E-state index contributed by atoms with van der Waals surface area (Å²) >= 11 is 6.09. The van der Waals surface area contributed by atoms with Gasteiger partial charge in [0.2, 0.25) is 0 Å². The van der Waals surface area contributed by atoms with Gasteiger partial charge in [-0.1, -0.05) is 18.5 Å². The molecule has 1 fully saturated rings. The Morgan fingerprint density at radius 1 is 1.44 bits per heavy atom. The lowest BCUT2D eigenvalue weighted by molar-refractivity contribution is 0.0323. The lowest BCUT2D eigenvalue weighted by atomic mass is 10.1. The summed E-state index contributed by atoms with van der Waals surface area (Å²) in [6, 6.07) is 2.00.